The molecule has 1 aliphatic rings. The van der Waals surface area contributed by atoms with E-state index >= 15 is 0 Å². The molecule has 0 aliphatic carbocycles. The third-order valence-electron chi connectivity index (χ3n) is 6.55. The Bertz CT molecular complexity index is 1300. The standard InChI is InChI=1S/C28H29N5S/c1-19-18-24(20(2)32(19)22-10-6-5-7-11-22)27-26(25-12-8-9-17-29-25)30-28(34)33(27)23-15-13-21(14-16-23)31(3)4/h5-18,26-27H,1-4H3,(H,30,34)/t26-,27-/m0/s1. The number of aromatic nitrogens is 2. The first-order valence-corrected chi connectivity index (χ1v) is 11.9. The van der Waals surface area contributed by atoms with Gasteiger partial charge in [0.15, 0.2) is 5.11 Å². The van der Waals surface area contributed by atoms with Gasteiger partial charge in [0.2, 0.25) is 0 Å². The average Bonchev–Trinajstić information content (AvgIpc) is 3.35. The second-order valence-corrected chi connectivity index (χ2v) is 9.29. The van der Waals surface area contributed by atoms with Gasteiger partial charge in [0.05, 0.1) is 17.8 Å². The van der Waals surface area contributed by atoms with Crippen LogP contribution in [0.1, 0.15) is 34.7 Å². The van der Waals surface area contributed by atoms with Crippen LogP contribution < -0.4 is 15.1 Å². The molecule has 5 nitrogen and oxygen atoms in total. The van der Waals surface area contributed by atoms with Gasteiger partial charge in [-0.1, -0.05) is 24.3 Å². The van der Waals surface area contributed by atoms with Crippen LogP contribution >= 0.6 is 12.2 Å². The van der Waals surface area contributed by atoms with E-state index in [1.807, 2.05) is 24.4 Å². The molecule has 0 unspecified atom stereocenters. The van der Waals surface area contributed by atoms with E-state index in [9.17, 15) is 0 Å². The van der Waals surface area contributed by atoms with Crippen molar-refractivity contribution in [3.05, 3.63) is 108 Å². The first-order valence-electron chi connectivity index (χ1n) is 11.5. The van der Waals surface area contributed by atoms with Crippen LogP contribution in [0.5, 0.6) is 0 Å². The second-order valence-electron chi connectivity index (χ2n) is 8.90. The number of nitrogens with one attached hydrogen (secondary N) is 1. The minimum Gasteiger partial charge on any atom is -0.378 e. The Morgan fingerprint density at radius 3 is 2.24 bits per heavy atom. The summed E-state index contributed by atoms with van der Waals surface area (Å²) in [4.78, 5) is 9.04. The summed E-state index contributed by atoms with van der Waals surface area (Å²) in [7, 11) is 4.10. The first-order chi connectivity index (χ1) is 16.5. The van der Waals surface area contributed by atoms with Crippen molar-refractivity contribution in [2.45, 2.75) is 25.9 Å². The van der Waals surface area contributed by atoms with Gasteiger partial charge in [0.25, 0.3) is 0 Å². The molecule has 2 aromatic heterocycles. The fraction of sp³-hybridized carbons (Fsp3) is 0.214. The largest absolute Gasteiger partial charge is 0.378 e. The van der Waals surface area contributed by atoms with Gasteiger partial charge >= 0.3 is 0 Å². The monoisotopic (exact) mass is 467 g/mol. The third kappa shape index (κ3) is 3.84. The van der Waals surface area contributed by atoms with E-state index in [0.29, 0.717) is 5.11 Å². The lowest BCUT2D eigenvalue weighted by Crippen LogP contribution is -2.29. The number of nitrogens with zero attached hydrogens (tertiary/aromatic N) is 4. The third-order valence-corrected chi connectivity index (χ3v) is 6.86. The molecule has 4 aromatic rings. The SMILES string of the molecule is Cc1cc([C@H]2[C@H](c3ccccn3)NC(=S)N2c2ccc(N(C)C)cc2)c(C)n1-c1ccccc1. The molecule has 2 aromatic carbocycles. The van der Waals surface area contributed by atoms with Crippen molar-refractivity contribution in [1.82, 2.24) is 14.9 Å². The fourth-order valence-electron chi connectivity index (χ4n) is 4.92. The molecule has 1 saturated heterocycles. The van der Waals surface area contributed by atoms with E-state index < -0.39 is 0 Å². The second kappa shape index (κ2) is 8.95. The van der Waals surface area contributed by atoms with Crippen LogP contribution in [0, 0.1) is 13.8 Å². The summed E-state index contributed by atoms with van der Waals surface area (Å²) < 4.78 is 2.32. The Kier molecular flexibility index (Phi) is 5.84. The van der Waals surface area contributed by atoms with Crippen LogP contribution in [-0.2, 0) is 0 Å². The zero-order valence-electron chi connectivity index (χ0n) is 19.9. The molecule has 1 fully saturated rings. The average molecular weight is 468 g/mol. The summed E-state index contributed by atoms with van der Waals surface area (Å²) >= 11 is 5.91. The van der Waals surface area contributed by atoms with Crippen LogP contribution in [0.25, 0.3) is 5.69 Å². The highest BCUT2D eigenvalue weighted by Gasteiger charge is 2.42. The molecule has 2 atom stereocenters. The van der Waals surface area contributed by atoms with Crippen molar-refractivity contribution in [3.63, 3.8) is 0 Å². The lowest BCUT2D eigenvalue weighted by molar-refractivity contribution is 0.565. The molecule has 34 heavy (non-hydrogen) atoms. The Morgan fingerprint density at radius 1 is 0.882 bits per heavy atom. The van der Waals surface area contributed by atoms with Crippen LogP contribution in [-0.4, -0.2) is 28.8 Å². The van der Waals surface area contributed by atoms with Crippen LogP contribution in [0.2, 0.25) is 0 Å². The van der Waals surface area contributed by atoms with E-state index in [2.05, 4.69) is 108 Å². The van der Waals surface area contributed by atoms with Gasteiger partial charge in [0.1, 0.15) is 0 Å². The minimum atomic E-state index is -0.0630. The molecule has 0 saturated carbocycles. The van der Waals surface area contributed by atoms with E-state index in [0.717, 1.165) is 22.8 Å². The number of aryl methyl sites for hydroxylation is 1. The normalized spacial score (nSPS) is 17.6. The summed E-state index contributed by atoms with van der Waals surface area (Å²) in [6.45, 7) is 4.36. The van der Waals surface area contributed by atoms with Crippen molar-refractivity contribution >= 4 is 28.7 Å². The highest BCUT2D eigenvalue weighted by Crippen LogP contribution is 2.43. The number of hydrogen-bond acceptors (Lipinski definition) is 3. The molecule has 0 spiro atoms. The maximum atomic E-state index is 5.91. The quantitative estimate of drug-likeness (QED) is 0.379. The number of anilines is 2. The van der Waals surface area contributed by atoms with Crippen LogP contribution in [0.4, 0.5) is 11.4 Å². The Balaban J connectivity index is 1.65. The smallest absolute Gasteiger partial charge is 0.174 e. The topological polar surface area (TPSA) is 36.3 Å². The van der Waals surface area contributed by atoms with Crippen molar-refractivity contribution in [2.75, 3.05) is 23.9 Å². The summed E-state index contributed by atoms with van der Waals surface area (Å²) in [6.07, 6.45) is 1.85. The van der Waals surface area contributed by atoms with E-state index in [1.54, 1.807) is 0 Å². The van der Waals surface area contributed by atoms with Gasteiger partial charge in [-0.25, -0.2) is 0 Å². The summed E-state index contributed by atoms with van der Waals surface area (Å²) in [5.41, 5.74) is 7.99. The zero-order chi connectivity index (χ0) is 23.8. The fourth-order valence-corrected chi connectivity index (χ4v) is 5.27. The van der Waals surface area contributed by atoms with E-state index in [-0.39, 0.29) is 12.1 Å². The lowest BCUT2D eigenvalue weighted by atomic mass is 9.96. The maximum Gasteiger partial charge on any atom is 0.174 e. The number of rotatable bonds is 5. The predicted octanol–water partition coefficient (Wildman–Crippen LogP) is 5.73. The highest BCUT2D eigenvalue weighted by molar-refractivity contribution is 7.80. The van der Waals surface area contributed by atoms with Gasteiger partial charge in [-0.2, -0.15) is 0 Å². The van der Waals surface area contributed by atoms with Gasteiger partial charge in [-0.05, 0) is 86.2 Å². The summed E-state index contributed by atoms with van der Waals surface area (Å²) in [6, 6.07) is 27.3. The summed E-state index contributed by atoms with van der Waals surface area (Å²) in [5, 5.41) is 4.29. The highest BCUT2D eigenvalue weighted by atomic mass is 32.1. The van der Waals surface area contributed by atoms with Gasteiger partial charge in [-0.3, -0.25) is 4.98 Å². The van der Waals surface area contributed by atoms with Crippen molar-refractivity contribution in [3.8, 4) is 5.69 Å². The molecule has 1 aliphatic heterocycles. The molecule has 6 heteroatoms. The molecule has 0 amide bonds. The van der Waals surface area contributed by atoms with Crippen molar-refractivity contribution in [1.29, 1.82) is 0 Å². The number of thiocarbonyl (C=S) groups is 1. The zero-order valence-corrected chi connectivity index (χ0v) is 20.8. The molecule has 1 N–H and O–H groups in total. The van der Waals surface area contributed by atoms with E-state index in [4.69, 9.17) is 17.2 Å². The molecular weight excluding hydrogens is 438 g/mol. The summed E-state index contributed by atoms with van der Waals surface area (Å²) in [5.74, 6) is 0. The van der Waals surface area contributed by atoms with Crippen LogP contribution in [0.3, 0.4) is 0 Å². The lowest BCUT2D eigenvalue weighted by Gasteiger charge is -2.28. The first kappa shape index (κ1) is 22.2. The number of para-hydroxylation sites is 1. The van der Waals surface area contributed by atoms with Gasteiger partial charge < -0.3 is 19.7 Å². The Hall–Kier alpha value is -3.64. The number of hydrogen-bond donors (Lipinski definition) is 1. The van der Waals surface area contributed by atoms with Gasteiger partial charge in [-0.15, -0.1) is 0 Å². The minimum absolute atomic E-state index is 0.0312. The Morgan fingerprint density at radius 2 is 1.59 bits per heavy atom. The number of pyridine rings is 1. The number of benzene rings is 2. The van der Waals surface area contributed by atoms with Crippen molar-refractivity contribution in [2.24, 2.45) is 0 Å². The van der Waals surface area contributed by atoms with Crippen LogP contribution in [0.15, 0.2) is 85.1 Å². The molecule has 0 radical (unpaired) electrons. The molecule has 172 valence electrons. The molecule has 5 rings (SSSR count). The molecule has 0 bridgehead atoms. The van der Waals surface area contributed by atoms with Gasteiger partial charge in [0, 0.05) is 48.7 Å². The van der Waals surface area contributed by atoms with Crippen molar-refractivity contribution < 1.29 is 0 Å². The maximum absolute atomic E-state index is 5.91. The predicted molar refractivity (Wildman–Crippen MR) is 144 cm³/mol. The molecule has 3 heterocycles. The van der Waals surface area contributed by atoms with E-state index in [1.165, 1.54) is 17.0 Å². The Labute approximate surface area is 206 Å². The molecular formula is C28H29N5S.